The standard InChI is InChI=1S/C27H28N6S/c1-19-8-7-11-23(14-19)17-32-26(29-30-31-32)24-16-28-33(25-15-20(2)12-13-21(25)3)27(24)34-18-22-9-5-4-6-10-22/h4-16,30-31H,17-18H2,1-3H3. The van der Waals surface area contributed by atoms with Crippen molar-refractivity contribution in [2.45, 2.75) is 38.1 Å². The first kappa shape index (κ1) is 22.3. The van der Waals surface area contributed by atoms with Gasteiger partial charge in [-0.25, -0.2) is 10.2 Å². The van der Waals surface area contributed by atoms with Gasteiger partial charge in [0.15, 0.2) is 5.84 Å². The van der Waals surface area contributed by atoms with Crippen LogP contribution in [0.5, 0.6) is 0 Å². The van der Waals surface area contributed by atoms with Gasteiger partial charge in [-0.3, -0.25) is 5.01 Å². The van der Waals surface area contributed by atoms with Crippen LogP contribution in [0.3, 0.4) is 0 Å². The molecule has 0 radical (unpaired) electrons. The lowest BCUT2D eigenvalue weighted by Crippen LogP contribution is -2.40. The topological polar surface area (TPSA) is 57.5 Å². The first-order chi connectivity index (χ1) is 16.6. The molecule has 0 bridgehead atoms. The first-order valence-corrected chi connectivity index (χ1v) is 12.3. The molecule has 2 heterocycles. The lowest BCUT2D eigenvalue weighted by atomic mass is 10.1. The molecule has 1 aliphatic rings. The van der Waals surface area contributed by atoms with Gasteiger partial charge in [0, 0.05) is 5.75 Å². The zero-order valence-corrected chi connectivity index (χ0v) is 20.4. The van der Waals surface area contributed by atoms with E-state index in [0.29, 0.717) is 6.54 Å². The molecular formula is C27H28N6S. The third kappa shape index (κ3) is 4.71. The van der Waals surface area contributed by atoms with Gasteiger partial charge in [-0.15, -0.1) is 22.4 Å². The minimum absolute atomic E-state index is 0.685. The molecule has 1 aromatic heterocycles. The van der Waals surface area contributed by atoms with Gasteiger partial charge in [0.25, 0.3) is 0 Å². The molecule has 6 nitrogen and oxygen atoms in total. The van der Waals surface area contributed by atoms with Crippen LogP contribution in [0.4, 0.5) is 0 Å². The van der Waals surface area contributed by atoms with Crippen molar-refractivity contribution >= 4 is 17.6 Å². The van der Waals surface area contributed by atoms with Crippen molar-refractivity contribution in [1.82, 2.24) is 25.9 Å². The summed E-state index contributed by atoms with van der Waals surface area (Å²) in [5.41, 5.74) is 14.3. The number of benzene rings is 3. The maximum absolute atomic E-state index is 4.83. The maximum atomic E-state index is 4.83. The normalized spacial score (nSPS) is 13.1. The molecule has 1 aliphatic heterocycles. The lowest BCUT2D eigenvalue weighted by molar-refractivity contribution is 0.288. The molecule has 7 heteroatoms. The van der Waals surface area contributed by atoms with E-state index >= 15 is 0 Å². The predicted molar refractivity (Wildman–Crippen MR) is 139 cm³/mol. The quantitative estimate of drug-likeness (QED) is 0.362. The van der Waals surface area contributed by atoms with Gasteiger partial charge in [0.1, 0.15) is 5.03 Å². The summed E-state index contributed by atoms with van der Waals surface area (Å²) in [5.74, 6) is 1.67. The largest absolute Gasteiger partial charge is 0.266 e. The molecule has 2 N–H and O–H groups in total. The second kappa shape index (κ2) is 9.75. The molecule has 0 amide bonds. The second-order valence-corrected chi connectivity index (χ2v) is 9.54. The number of amidine groups is 1. The Bertz CT molecular complexity index is 1330. The Morgan fingerprint density at radius 2 is 1.65 bits per heavy atom. The number of nitrogens with zero attached hydrogens (tertiary/aromatic N) is 4. The van der Waals surface area contributed by atoms with Crippen LogP contribution in [0.25, 0.3) is 5.69 Å². The second-order valence-electron chi connectivity index (χ2n) is 8.57. The summed E-state index contributed by atoms with van der Waals surface area (Å²) in [4.78, 5) is 0. The molecule has 0 aliphatic carbocycles. The van der Waals surface area contributed by atoms with E-state index in [2.05, 4.69) is 108 Å². The highest BCUT2D eigenvalue weighted by Crippen LogP contribution is 2.31. The Labute approximate surface area is 204 Å². The van der Waals surface area contributed by atoms with Gasteiger partial charge in [-0.05, 0) is 49.1 Å². The summed E-state index contributed by atoms with van der Waals surface area (Å²) in [5, 5.41) is 12.5. The smallest absolute Gasteiger partial charge is 0.177 e. The molecule has 3 aromatic carbocycles. The van der Waals surface area contributed by atoms with Crippen LogP contribution in [0, 0.1) is 20.8 Å². The van der Waals surface area contributed by atoms with Gasteiger partial charge >= 0.3 is 0 Å². The van der Waals surface area contributed by atoms with Gasteiger partial charge in [-0.1, -0.05) is 72.3 Å². The fraction of sp³-hybridized carbons (Fsp3) is 0.185. The molecule has 5 rings (SSSR count). The summed E-state index contributed by atoms with van der Waals surface area (Å²) < 4.78 is 2.05. The van der Waals surface area contributed by atoms with Crippen LogP contribution < -0.4 is 11.1 Å². The Kier molecular flexibility index (Phi) is 6.38. The van der Waals surface area contributed by atoms with Gasteiger partial charge in [-0.2, -0.15) is 5.10 Å². The summed E-state index contributed by atoms with van der Waals surface area (Å²) in [6.45, 7) is 7.04. The number of hydrazine groups is 2. The van der Waals surface area contributed by atoms with E-state index in [4.69, 9.17) is 5.10 Å². The van der Waals surface area contributed by atoms with Crippen molar-refractivity contribution in [2.75, 3.05) is 0 Å². The van der Waals surface area contributed by atoms with Crippen molar-refractivity contribution in [3.8, 4) is 5.69 Å². The zero-order chi connectivity index (χ0) is 23.5. The number of thioether (sulfide) groups is 1. The van der Waals surface area contributed by atoms with E-state index in [1.54, 1.807) is 11.8 Å². The Hall–Kier alpha value is -3.55. The minimum atomic E-state index is 0.685. The van der Waals surface area contributed by atoms with Crippen molar-refractivity contribution in [3.63, 3.8) is 0 Å². The van der Waals surface area contributed by atoms with E-state index < -0.39 is 0 Å². The van der Waals surface area contributed by atoms with E-state index in [9.17, 15) is 0 Å². The van der Waals surface area contributed by atoms with Crippen LogP contribution in [-0.2, 0) is 12.3 Å². The molecular weight excluding hydrogens is 440 g/mol. The van der Waals surface area contributed by atoms with Crippen molar-refractivity contribution < 1.29 is 0 Å². The number of aryl methyl sites for hydroxylation is 3. The Morgan fingerprint density at radius 1 is 0.853 bits per heavy atom. The molecule has 172 valence electrons. The third-order valence-corrected chi connectivity index (χ3v) is 6.95. The molecule has 0 spiro atoms. The fourth-order valence-corrected chi connectivity index (χ4v) is 5.10. The van der Waals surface area contributed by atoms with Gasteiger partial charge in [0.05, 0.1) is 24.0 Å². The summed E-state index contributed by atoms with van der Waals surface area (Å²) in [6.07, 6.45) is 1.92. The van der Waals surface area contributed by atoms with Crippen molar-refractivity contribution in [1.29, 1.82) is 0 Å². The number of aromatic nitrogens is 2. The van der Waals surface area contributed by atoms with E-state index in [0.717, 1.165) is 27.9 Å². The molecule has 0 unspecified atom stereocenters. The molecule has 4 aromatic rings. The average molecular weight is 469 g/mol. The Morgan fingerprint density at radius 3 is 2.47 bits per heavy atom. The highest BCUT2D eigenvalue weighted by molar-refractivity contribution is 7.98. The summed E-state index contributed by atoms with van der Waals surface area (Å²) in [6, 6.07) is 25.5. The van der Waals surface area contributed by atoms with Crippen LogP contribution >= 0.6 is 11.8 Å². The lowest BCUT2D eigenvalue weighted by Gasteiger charge is -2.20. The SMILES string of the molecule is Cc1cccc(CN2NNN=C2c2cnn(-c3cc(C)ccc3C)c2SCc2ccccc2)c1. The molecule has 0 saturated carbocycles. The van der Waals surface area contributed by atoms with E-state index in [1.165, 1.54) is 27.8 Å². The van der Waals surface area contributed by atoms with Crippen molar-refractivity contribution in [3.05, 3.63) is 112 Å². The fourth-order valence-electron chi connectivity index (χ4n) is 4.04. The number of rotatable bonds is 7. The molecule has 0 fully saturated rings. The molecule has 34 heavy (non-hydrogen) atoms. The maximum Gasteiger partial charge on any atom is 0.177 e. The number of hydrogen-bond donors (Lipinski definition) is 2. The van der Waals surface area contributed by atoms with Gasteiger partial charge in [0.2, 0.25) is 0 Å². The number of hydrogen-bond acceptors (Lipinski definition) is 6. The first-order valence-electron chi connectivity index (χ1n) is 11.3. The highest BCUT2D eigenvalue weighted by atomic mass is 32.2. The highest BCUT2D eigenvalue weighted by Gasteiger charge is 2.26. The van der Waals surface area contributed by atoms with E-state index in [-0.39, 0.29) is 0 Å². The summed E-state index contributed by atoms with van der Waals surface area (Å²) in [7, 11) is 0. The van der Waals surface area contributed by atoms with Crippen LogP contribution in [0.15, 0.2) is 89.1 Å². The number of hydrazone groups is 1. The minimum Gasteiger partial charge on any atom is -0.266 e. The third-order valence-electron chi connectivity index (χ3n) is 5.80. The van der Waals surface area contributed by atoms with E-state index in [1.807, 2.05) is 17.3 Å². The molecule has 0 saturated heterocycles. The molecule has 0 atom stereocenters. The zero-order valence-electron chi connectivity index (χ0n) is 19.6. The van der Waals surface area contributed by atoms with Gasteiger partial charge < -0.3 is 0 Å². The Balaban J connectivity index is 1.52. The van der Waals surface area contributed by atoms with Crippen LogP contribution in [0.1, 0.15) is 33.4 Å². The number of nitrogens with one attached hydrogen (secondary N) is 2. The average Bonchev–Trinajstić information content (AvgIpc) is 3.46. The van der Waals surface area contributed by atoms with Crippen LogP contribution in [0.2, 0.25) is 0 Å². The monoisotopic (exact) mass is 468 g/mol. The van der Waals surface area contributed by atoms with Crippen LogP contribution in [-0.4, -0.2) is 20.6 Å². The van der Waals surface area contributed by atoms with Crippen molar-refractivity contribution in [2.24, 2.45) is 5.10 Å². The summed E-state index contributed by atoms with van der Waals surface area (Å²) >= 11 is 1.78. The predicted octanol–water partition coefficient (Wildman–Crippen LogP) is 5.28.